The van der Waals surface area contributed by atoms with Crippen LogP contribution in [-0.2, 0) is 0 Å². The molecule has 0 saturated heterocycles. The summed E-state index contributed by atoms with van der Waals surface area (Å²) in [5.74, 6) is 7.88. The minimum atomic E-state index is 0.700. The van der Waals surface area contributed by atoms with Gasteiger partial charge in [-0.1, -0.05) is 31.7 Å². The summed E-state index contributed by atoms with van der Waals surface area (Å²) in [7, 11) is 0. The van der Waals surface area contributed by atoms with Crippen LogP contribution in [-0.4, -0.2) is 11.5 Å². The molecule has 0 radical (unpaired) electrons. The van der Waals surface area contributed by atoms with Crippen molar-refractivity contribution in [3.8, 4) is 0 Å². The Hall–Kier alpha value is -1.29. The molecule has 4 heteroatoms. The summed E-state index contributed by atoms with van der Waals surface area (Å²) < 4.78 is 0. The Labute approximate surface area is 103 Å². The lowest BCUT2D eigenvalue weighted by Gasteiger charge is -2.10. The molecule has 1 aliphatic carbocycles. The van der Waals surface area contributed by atoms with Crippen molar-refractivity contribution in [2.45, 2.75) is 38.5 Å². The Kier molecular flexibility index (Phi) is 4.62. The first-order valence-corrected chi connectivity index (χ1v) is 6.56. The maximum Gasteiger partial charge on any atom is 0.142 e. The van der Waals surface area contributed by atoms with Gasteiger partial charge in [0.15, 0.2) is 0 Å². The highest BCUT2D eigenvalue weighted by Gasteiger charge is 2.13. The van der Waals surface area contributed by atoms with Gasteiger partial charge >= 0.3 is 0 Å². The number of hydrogen-bond donors (Lipinski definition) is 3. The average molecular weight is 234 g/mol. The van der Waals surface area contributed by atoms with Gasteiger partial charge in [-0.05, 0) is 30.9 Å². The highest BCUT2D eigenvalue weighted by Crippen LogP contribution is 2.28. The molecule has 4 N–H and O–H groups in total. The molecule has 0 bridgehead atoms. The van der Waals surface area contributed by atoms with E-state index in [4.69, 9.17) is 5.84 Å². The number of nitrogens with one attached hydrogen (secondary N) is 2. The second-order valence-corrected chi connectivity index (χ2v) is 4.77. The molecule has 2 rings (SSSR count). The lowest BCUT2D eigenvalue weighted by atomic mass is 10.0. The maximum absolute atomic E-state index is 5.32. The Morgan fingerprint density at radius 2 is 2.00 bits per heavy atom. The molecule has 1 aliphatic rings. The number of aromatic nitrogens is 1. The van der Waals surface area contributed by atoms with E-state index in [1.165, 1.54) is 38.5 Å². The number of nitrogens with two attached hydrogens (primary N) is 1. The molecule has 1 aromatic heterocycles. The summed E-state index contributed by atoms with van der Waals surface area (Å²) in [6, 6.07) is 5.77. The van der Waals surface area contributed by atoms with E-state index in [2.05, 4.69) is 15.7 Å². The van der Waals surface area contributed by atoms with Crippen LogP contribution in [0.25, 0.3) is 0 Å². The van der Waals surface area contributed by atoms with E-state index < -0.39 is 0 Å². The predicted octanol–water partition coefficient (Wildman–Crippen LogP) is 2.75. The van der Waals surface area contributed by atoms with Gasteiger partial charge < -0.3 is 10.7 Å². The molecular formula is C13H22N4. The minimum absolute atomic E-state index is 0.700. The molecule has 0 amide bonds. The number of anilines is 2. The fourth-order valence-corrected chi connectivity index (χ4v) is 2.52. The number of hydrazine groups is 1. The summed E-state index contributed by atoms with van der Waals surface area (Å²) in [6.07, 6.45) is 8.32. The number of hydrogen-bond acceptors (Lipinski definition) is 4. The van der Waals surface area contributed by atoms with Crippen LogP contribution < -0.4 is 16.6 Å². The number of nitrogens with zero attached hydrogens (tertiary/aromatic N) is 1. The molecule has 0 atom stereocenters. The third kappa shape index (κ3) is 3.89. The first-order chi connectivity index (χ1) is 8.38. The largest absolute Gasteiger partial charge is 0.370 e. The van der Waals surface area contributed by atoms with E-state index in [9.17, 15) is 0 Å². The molecule has 1 saturated carbocycles. The first-order valence-electron chi connectivity index (χ1n) is 6.56. The fourth-order valence-electron chi connectivity index (χ4n) is 2.52. The molecule has 1 aromatic rings. The van der Waals surface area contributed by atoms with Crippen molar-refractivity contribution in [2.24, 2.45) is 11.8 Å². The summed E-state index contributed by atoms with van der Waals surface area (Å²) in [6.45, 7) is 0.998. The lowest BCUT2D eigenvalue weighted by molar-refractivity contribution is 0.491. The van der Waals surface area contributed by atoms with Crippen LogP contribution in [0, 0.1) is 5.92 Å². The van der Waals surface area contributed by atoms with Crippen LogP contribution in [0.2, 0.25) is 0 Å². The number of nitrogen functional groups attached to an aromatic ring is 1. The molecule has 0 aliphatic heterocycles. The maximum atomic E-state index is 5.32. The van der Waals surface area contributed by atoms with E-state index in [0.717, 1.165) is 18.3 Å². The van der Waals surface area contributed by atoms with Crippen molar-refractivity contribution in [2.75, 3.05) is 17.3 Å². The minimum Gasteiger partial charge on any atom is -0.370 e. The van der Waals surface area contributed by atoms with Gasteiger partial charge in [0, 0.05) is 6.54 Å². The molecular weight excluding hydrogens is 212 g/mol. The quantitative estimate of drug-likeness (QED) is 0.402. The van der Waals surface area contributed by atoms with E-state index in [1.807, 2.05) is 18.2 Å². The summed E-state index contributed by atoms with van der Waals surface area (Å²) in [5.41, 5.74) is 2.55. The third-order valence-electron chi connectivity index (χ3n) is 3.47. The smallest absolute Gasteiger partial charge is 0.142 e. The van der Waals surface area contributed by atoms with E-state index >= 15 is 0 Å². The fraction of sp³-hybridized carbons (Fsp3) is 0.615. The zero-order valence-electron chi connectivity index (χ0n) is 10.3. The van der Waals surface area contributed by atoms with Gasteiger partial charge in [-0.25, -0.2) is 10.8 Å². The lowest BCUT2D eigenvalue weighted by Crippen LogP contribution is -2.10. The van der Waals surface area contributed by atoms with Crippen LogP contribution in [0.3, 0.4) is 0 Å². The van der Waals surface area contributed by atoms with E-state index in [1.54, 1.807) is 0 Å². The Morgan fingerprint density at radius 1 is 1.24 bits per heavy atom. The second kappa shape index (κ2) is 6.45. The number of rotatable bonds is 6. The van der Waals surface area contributed by atoms with Crippen molar-refractivity contribution < 1.29 is 0 Å². The number of pyridine rings is 1. The molecule has 1 fully saturated rings. The molecule has 0 spiro atoms. The standard InChI is InChI=1S/C13H22N4/c14-17-13-9-3-8-12(16-13)15-10-4-7-11-5-1-2-6-11/h3,8-9,11H,1-2,4-7,10,14H2,(H2,15,16,17). The van der Waals surface area contributed by atoms with Crippen LogP contribution in [0.5, 0.6) is 0 Å². The average Bonchev–Trinajstić information content (AvgIpc) is 2.88. The van der Waals surface area contributed by atoms with Crippen molar-refractivity contribution in [3.63, 3.8) is 0 Å². The Balaban J connectivity index is 1.66. The highest BCUT2D eigenvalue weighted by molar-refractivity contribution is 5.44. The molecule has 17 heavy (non-hydrogen) atoms. The first kappa shape index (κ1) is 12.2. The van der Waals surface area contributed by atoms with Gasteiger partial charge in [0.25, 0.3) is 0 Å². The van der Waals surface area contributed by atoms with E-state index in [-0.39, 0.29) is 0 Å². The molecule has 0 unspecified atom stereocenters. The zero-order valence-corrected chi connectivity index (χ0v) is 10.3. The van der Waals surface area contributed by atoms with Crippen LogP contribution in [0.4, 0.5) is 11.6 Å². The Morgan fingerprint density at radius 3 is 2.76 bits per heavy atom. The van der Waals surface area contributed by atoms with Gasteiger partial charge in [0.1, 0.15) is 11.6 Å². The van der Waals surface area contributed by atoms with Gasteiger partial charge in [0.05, 0.1) is 0 Å². The highest BCUT2D eigenvalue weighted by atomic mass is 15.3. The van der Waals surface area contributed by atoms with Gasteiger partial charge in [-0.3, -0.25) is 0 Å². The van der Waals surface area contributed by atoms with E-state index in [0.29, 0.717) is 5.82 Å². The van der Waals surface area contributed by atoms with Crippen molar-refractivity contribution in [1.29, 1.82) is 0 Å². The van der Waals surface area contributed by atoms with Crippen LogP contribution in [0.1, 0.15) is 38.5 Å². The molecule has 1 heterocycles. The summed E-state index contributed by atoms with van der Waals surface area (Å²) >= 11 is 0. The third-order valence-corrected chi connectivity index (χ3v) is 3.47. The normalized spacial score (nSPS) is 16.1. The van der Waals surface area contributed by atoms with Crippen LogP contribution >= 0.6 is 0 Å². The summed E-state index contributed by atoms with van der Waals surface area (Å²) in [5, 5.41) is 3.34. The van der Waals surface area contributed by atoms with Crippen LogP contribution in [0.15, 0.2) is 18.2 Å². The predicted molar refractivity (Wildman–Crippen MR) is 71.7 cm³/mol. The van der Waals surface area contributed by atoms with Gasteiger partial charge in [-0.2, -0.15) is 0 Å². The van der Waals surface area contributed by atoms with Crippen molar-refractivity contribution >= 4 is 11.6 Å². The van der Waals surface area contributed by atoms with Crippen molar-refractivity contribution in [1.82, 2.24) is 4.98 Å². The molecule has 4 nitrogen and oxygen atoms in total. The van der Waals surface area contributed by atoms with Gasteiger partial charge in [-0.15, -0.1) is 0 Å². The van der Waals surface area contributed by atoms with Crippen molar-refractivity contribution in [3.05, 3.63) is 18.2 Å². The SMILES string of the molecule is NNc1cccc(NCCCC2CCCC2)n1. The molecule has 94 valence electrons. The molecule has 0 aromatic carbocycles. The van der Waals surface area contributed by atoms with Gasteiger partial charge in [0.2, 0.25) is 0 Å². The summed E-state index contributed by atoms with van der Waals surface area (Å²) in [4.78, 5) is 4.31. The Bertz CT molecular complexity index is 334. The zero-order chi connectivity index (χ0) is 11.9. The topological polar surface area (TPSA) is 63.0 Å². The monoisotopic (exact) mass is 234 g/mol. The second-order valence-electron chi connectivity index (χ2n) is 4.77.